The zero-order chi connectivity index (χ0) is 5.70. The zero-order valence-electron chi connectivity index (χ0n) is 3.72. The summed E-state index contributed by atoms with van der Waals surface area (Å²) in [6.07, 6.45) is 1.65. The summed E-state index contributed by atoms with van der Waals surface area (Å²) in [7, 11) is 0. The van der Waals surface area contributed by atoms with Gasteiger partial charge in [0.05, 0.1) is 0 Å². The predicted octanol–water partition coefficient (Wildman–Crippen LogP) is 2.22. The van der Waals surface area contributed by atoms with E-state index in [-0.39, 0.29) is 4.45 Å². The molecule has 0 atom stereocenters. The first-order valence-electron chi connectivity index (χ1n) is 1.72. The number of thioether (sulfide) groups is 1. The first-order chi connectivity index (χ1) is 3.27. The summed E-state index contributed by atoms with van der Waals surface area (Å²) in [5.74, 6) is 0.627. The summed E-state index contributed by atoms with van der Waals surface area (Å²) in [4.78, 5) is 9.93. The van der Waals surface area contributed by atoms with Crippen molar-refractivity contribution in [3.05, 3.63) is 12.7 Å². The molecule has 1 radical (unpaired) electrons. The fourth-order valence-corrected chi connectivity index (χ4v) is 0.585. The van der Waals surface area contributed by atoms with Crippen LogP contribution in [-0.2, 0) is 0 Å². The van der Waals surface area contributed by atoms with E-state index < -0.39 is 0 Å². The highest BCUT2D eigenvalue weighted by molar-refractivity contribution is 8.32. The van der Waals surface area contributed by atoms with Crippen LogP contribution in [0.3, 0.4) is 0 Å². The van der Waals surface area contributed by atoms with Gasteiger partial charge in [0.2, 0.25) is 0 Å². The van der Waals surface area contributed by atoms with Crippen molar-refractivity contribution < 1.29 is 4.79 Å². The Labute approximate surface area is 52.6 Å². The maximum atomic E-state index is 9.93. The van der Waals surface area contributed by atoms with Crippen molar-refractivity contribution in [3.63, 3.8) is 0 Å². The van der Waals surface area contributed by atoms with Gasteiger partial charge < -0.3 is 0 Å². The van der Waals surface area contributed by atoms with E-state index in [1.54, 1.807) is 6.08 Å². The monoisotopic (exact) mass is 133 g/mol. The van der Waals surface area contributed by atoms with Crippen LogP contribution in [0.1, 0.15) is 0 Å². The molecule has 0 saturated heterocycles. The van der Waals surface area contributed by atoms with E-state index in [1.807, 2.05) is 0 Å². The third-order valence-electron chi connectivity index (χ3n) is 0.319. The van der Waals surface area contributed by atoms with Crippen LogP contribution in [0.2, 0.25) is 0 Å². The van der Waals surface area contributed by atoms with Crippen molar-refractivity contribution in [2.24, 2.45) is 0 Å². The maximum Gasteiger partial charge on any atom is 0.276 e. The molecule has 0 aromatic rings. The lowest BCUT2D eigenvalue weighted by Gasteiger charge is -1.80. The summed E-state index contributed by atoms with van der Waals surface area (Å²) >= 11 is 5.31. The minimum absolute atomic E-state index is 0.264. The highest BCUT2D eigenvalue weighted by Gasteiger charge is 1.89. The molecule has 0 amide bonds. The van der Waals surface area contributed by atoms with E-state index in [0.29, 0.717) is 5.75 Å². The van der Waals surface area contributed by atoms with E-state index in [4.69, 9.17) is 0 Å². The second-order valence-corrected chi connectivity index (χ2v) is 2.47. The summed E-state index contributed by atoms with van der Waals surface area (Å²) < 4.78 is -0.264. The molecule has 7 heavy (non-hydrogen) atoms. The van der Waals surface area contributed by atoms with Crippen LogP contribution in [0.4, 0.5) is 4.79 Å². The molecular formula is C4H5OS2. The summed E-state index contributed by atoms with van der Waals surface area (Å²) in [6.45, 7) is 3.41. The standard InChI is InChI=1S/C4H5OS2/c1-2-3-7-4(5)6/h2H,1,3H2. The Morgan fingerprint density at radius 3 is 2.71 bits per heavy atom. The van der Waals surface area contributed by atoms with Gasteiger partial charge in [0.25, 0.3) is 4.45 Å². The molecule has 0 spiro atoms. The average molecular weight is 133 g/mol. The Bertz CT molecular complexity index is 79.8. The molecule has 0 N–H and O–H groups in total. The highest BCUT2D eigenvalue weighted by atomic mass is 32.2. The molecule has 3 heteroatoms. The Hall–Kier alpha value is -0.0200. The normalized spacial score (nSPS) is 8.00. The predicted molar refractivity (Wildman–Crippen MR) is 35.6 cm³/mol. The average Bonchev–Trinajstić information content (AvgIpc) is 1.61. The fourth-order valence-electron chi connectivity index (χ4n) is 0.127. The molecule has 0 rings (SSSR count). The number of hydrogen-bond acceptors (Lipinski definition) is 2. The van der Waals surface area contributed by atoms with E-state index in [0.717, 1.165) is 11.8 Å². The Morgan fingerprint density at radius 2 is 2.57 bits per heavy atom. The van der Waals surface area contributed by atoms with Gasteiger partial charge in [-0.1, -0.05) is 17.8 Å². The molecule has 0 fully saturated rings. The number of carbonyl (C=O) groups is 1. The second-order valence-electron chi connectivity index (χ2n) is 0.850. The van der Waals surface area contributed by atoms with E-state index in [1.165, 1.54) is 0 Å². The van der Waals surface area contributed by atoms with Crippen molar-refractivity contribution in [3.8, 4) is 0 Å². The molecule has 0 aromatic carbocycles. The van der Waals surface area contributed by atoms with Crippen LogP contribution >= 0.6 is 24.4 Å². The Kier molecular flexibility index (Phi) is 4.14. The molecule has 1 nitrogen and oxygen atoms in total. The molecular weight excluding hydrogens is 128 g/mol. The fraction of sp³-hybridized carbons (Fsp3) is 0.250. The van der Waals surface area contributed by atoms with Crippen LogP contribution in [0.5, 0.6) is 0 Å². The molecule has 0 aliphatic heterocycles. The summed E-state index contributed by atoms with van der Waals surface area (Å²) in [5, 5.41) is 0. The summed E-state index contributed by atoms with van der Waals surface area (Å²) in [5.41, 5.74) is 0. The van der Waals surface area contributed by atoms with Gasteiger partial charge in [0.1, 0.15) is 0 Å². The number of carbonyl (C=O) groups excluding carboxylic acids is 1. The number of hydrogen-bond donors (Lipinski definition) is 0. The highest BCUT2D eigenvalue weighted by Crippen LogP contribution is 2.04. The molecule has 0 saturated carbocycles. The lowest BCUT2D eigenvalue weighted by molar-refractivity contribution is 0.277. The minimum Gasteiger partial charge on any atom is -0.269 e. The van der Waals surface area contributed by atoms with Crippen molar-refractivity contribution >= 4 is 28.8 Å². The van der Waals surface area contributed by atoms with Crippen LogP contribution < -0.4 is 0 Å². The summed E-state index contributed by atoms with van der Waals surface area (Å²) in [6, 6.07) is 0. The van der Waals surface area contributed by atoms with E-state index >= 15 is 0 Å². The first kappa shape index (κ1) is 6.98. The van der Waals surface area contributed by atoms with E-state index in [2.05, 4.69) is 19.2 Å². The molecule has 0 bridgehead atoms. The lowest BCUT2D eigenvalue weighted by atomic mass is 10.8. The lowest BCUT2D eigenvalue weighted by Crippen LogP contribution is -1.72. The van der Waals surface area contributed by atoms with E-state index in [9.17, 15) is 4.79 Å². The number of rotatable bonds is 2. The zero-order valence-corrected chi connectivity index (χ0v) is 5.35. The smallest absolute Gasteiger partial charge is 0.269 e. The van der Waals surface area contributed by atoms with Crippen LogP contribution in [0, 0.1) is 0 Å². The topological polar surface area (TPSA) is 17.1 Å². The van der Waals surface area contributed by atoms with Crippen LogP contribution in [0.15, 0.2) is 12.7 Å². The largest absolute Gasteiger partial charge is 0.276 e. The van der Waals surface area contributed by atoms with Crippen molar-refractivity contribution in [2.45, 2.75) is 0 Å². The molecule has 0 aliphatic carbocycles. The van der Waals surface area contributed by atoms with Gasteiger partial charge in [-0.2, -0.15) is 0 Å². The van der Waals surface area contributed by atoms with Crippen molar-refractivity contribution in [1.82, 2.24) is 0 Å². The molecule has 39 valence electrons. The second kappa shape index (κ2) is 4.15. The van der Waals surface area contributed by atoms with Crippen molar-refractivity contribution in [1.29, 1.82) is 0 Å². The van der Waals surface area contributed by atoms with Gasteiger partial charge in [0.15, 0.2) is 0 Å². The Morgan fingerprint density at radius 1 is 2.00 bits per heavy atom. The van der Waals surface area contributed by atoms with Gasteiger partial charge in [-0.15, -0.1) is 6.58 Å². The van der Waals surface area contributed by atoms with Gasteiger partial charge >= 0.3 is 0 Å². The first-order valence-corrected chi connectivity index (χ1v) is 3.11. The van der Waals surface area contributed by atoms with Gasteiger partial charge in [0, 0.05) is 5.75 Å². The maximum absolute atomic E-state index is 9.93. The Balaban J connectivity index is 2.97. The molecule has 0 heterocycles. The third kappa shape index (κ3) is 5.98. The third-order valence-corrected chi connectivity index (χ3v) is 1.31. The van der Waals surface area contributed by atoms with Crippen molar-refractivity contribution in [2.75, 3.05) is 5.75 Å². The van der Waals surface area contributed by atoms with Crippen LogP contribution in [-0.4, -0.2) is 10.2 Å². The van der Waals surface area contributed by atoms with Gasteiger partial charge in [-0.3, -0.25) is 4.79 Å². The molecule has 0 aliphatic rings. The minimum atomic E-state index is -0.264. The molecule has 0 aromatic heterocycles. The SMILES string of the molecule is C=CCSC(=O)[S]. The van der Waals surface area contributed by atoms with Crippen LogP contribution in [0.25, 0.3) is 0 Å². The quantitative estimate of drug-likeness (QED) is 0.537. The molecule has 0 unspecified atom stereocenters. The van der Waals surface area contributed by atoms with Gasteiger partial charge in [-0.05, 0) is 12.6 Å². The van der Waals surface area contributed by atoms with Gasteiger partial charge in [-0.25, -0.2) is 0 Å².